The van der Waals surface area contributed by atoms with E-state index in [1.165, 1.54) is 23.9 Å². The van der Waals surface area contributed by atoms with Gasteiger partial charge in [0.2, 0.25) is 5.91 Å². The molecule has 6 nitrogen and oxygen atoms in total. The Labute approximate surface area is 177 Å². The molecule has 0 unspecified atom stereocenters. The van der Waals surface area contributed by atoms with Gasteiger partial charge in [-0.3, -0.25) is 9.36 Å². The van der Waals surface area contributed by atoms with E-state index in [0.717, 1.165) is 16.9 Å². The number of aryl methyl sites for hydroxylation is 1. The number of rotatable bonds is 7. The lowest BCUT2D eigenvalue weighted by atomic mass is 10.2. The Balaban J connectivity index is 1.54. The highest BCUT2D eigenvalue weighted by Gasteiger charge is 2.18. The molecular formula is C22H19FN4O2S. The van der Waals surface area contributed by atoms with Crippen LogP contribution in [0.2, 0.25) is 0 Å². The zero-order valence-corrected chi connectivity index (χ0v) is 17.0. The Hall–Kier alpha value is -3.39. The van der Waals surface area contributed by atoms with Crippen LogP contribution < -0.4 is 5.32 Å². The molecule has 0 aliphatic heterocycles. The summed E-state index contributed by atoms with van der Waals surface area (Å²) in [4.78, 5) is 12.3. The summed E-state index contributed by atoms with van der Waals surface area (Å²) in [6.07, 6.45) is 1.62. The van der Waals surface area contributed by atoms with E-state index in [1.54, 1.807) is 18.4 Å². The van der Waals surface area contributed by atoms with Gasteiger partial charge in [0.05, 0.1) is 24.1 Å². The summed E-state index contributed by atoms with van der Waals surface area (Å²) in [7, 11) is 0. The van der Waals surface area contributed by atoms with Crippen molar-refractivity contribution in [2.45, 2.75) is 18.6 Å². The van der Waals surface area contributed by atoms with E-state index >= 15 is 0 Å². The van der Waals surface area contributed by atoms with Crippen molar-refractivity contribution in [1.82, 2.24) is 14.8 Å². The maximum atomic E-state index is 13.3. The zero-order chi connectivity index (χ0) is 20.9. The summed E-state index contributed by atoms with van der Waals surface area (Å²) < 4.78 is 20.7. The molecule has 1 amide bonds. The average Bonchev–Trinajstić information content (AvgIpc) is 3.33. The van der Waals surface area contributed by atoms with Crippen LogP contribution >= 0.6 is 11.8 Å². The maximum absolute atomic E-state index is 13.3. The summed E-state index contributed by atoms with van der Waals surface area (Å²) in [6.45, 7) is 2.43. The number of hydrogen-bond donors (Lipinski definition) is 1. The number of furan rings is 1. The molecule has 0 aliphatic carbocycles. The predicted molar refractivity (Wildman–Crippen MR) is 114 cm³/mol. The molecule has 0 saturated carbocycles. The second-order valence-corrected chi connectivity index (χ2v) is 7.56. The average molecular weight is 422 g/mol. The van der Waals surface area contributed by atoms with Gasteiger partial charge in [0.15, 0.2) is 11.0 Å². The van der Waals surface area contributed by atoms with E-state index in [-0.39, 0.29) is 11.7 Å². The molecular weight excluding hydrogens is 403 g/mol. The predicted octanol–water partition coefficient (Wildman–Crippen LogP) is 4.76. The summed E-state index contributed by atoms with van der Waals surface area (Å²) in [5.41, 5.74) is 2.36. The van der Waals surface area contributed by atoms with Crippen LogP contribution in [0.25, 0.3) is 11.4 Å². The van der Waals surface area contributed by atoms with Gasteiger partial charge in [0.1, 0.15) is 11.6 Å². The Morgan fingerprint density at radius 2 is 1.97 bits per heavy atom. The van der Waals surface area contributed by atoms with Gasteiger partial charge in [-0.05, 0) is 36.8 Å². The molecule has 0 radical (unpaired) electrons. The molecule has 1 N–H and O–H groups in total. The third kappa shape index (κ3) is 4.60. The van der Waals surface area contributed by atoms with Gasteiger partial charge in [-0.1, -0.05) is 48.2 Å². The number of amides is 1. The Bertz CT molecular complexity index is 1160. The van der Waals surface area contributed by atoms with Crippen molar-refractivity contribution in [3.05, 3.63) is 84.1 Å². The minimum Gasteiger partial charge on any atom is -0.469 e. The number of carbonyl (C=O) groups is 1. The standard InChI is InChI=1S/C22H19FN4O2S/c1-15-19(10-11-29-15)21-25-26-22(27(21)13-16-6-3-2-4-7-16)30-14-20(28)24-18-9-5-8-17(23)12-18/h2-12H,13-14H2,1H3,(H,24,28). The zero-order valence-electron chi connectivity index (χ0n) is 16.2. The fourth-order valence-electron chi connectivity index (χ4n) is 3.01. The van der Waals surface area contributed by atoms with Crippen LogP contribution in [0.15, 0.2) is 76.5 Å². The fraction of sp³-hybridized carbons (Fsp3) is 0.136. The largest absolute Gasteiger partial charge is 0.469 e. The van der Waals surface area contributed by atoms with Crippen molar-refractivity contribution in [3.8, 4) is 11.4 Å². The van der Waals surface area contributed by atoms with E-state index in [4.69, 9.17) is 4.42 Å². The first-order chi connectivity index (χ1) is 14.6. The molecule has 8 heteroatoms. The number of hydrogen-bond acceptors (Lipinski definition) is 5. The number of thioether (sulfide) groups is 1. The van der Waals surface area contributed by atoms with Crippen LogP contribution in [0.1, 0.15) is 11.3 Å². The molecule has 2 heterocycles. The van der Waals surface area contributed by atoms with Crippen molar-refractivity contribution in [1.29, 1.82) is 0 Å². The summed E-state index contributed by atoms with van der Waals surface area (Å²) >= 11 is 1.27. The van der Waals surface area contributed by atoms with Crippen LogP contribution in [0.5, 0.6) is 0 Å². The molecule has 0 spiro atoms. The van der Waals surface area contributed by atoms with Crippen LogP contribution in [-0.2, 0) is 11.3 Å². The normalized spacial score (nSPS) is 10.9. The van der Waals surface area contributed by atoms with Gasteiger partial charge < -0.3 is 9.73 Å². The number of nitrogens with one attached hydrogen (secondary N) is 1. The molecule has 30 heavy (non-hydrogen) atoms. The number of carbonyl (C=O) groups excluding carboxylic acids is 1. The first-order valence-corrected chi connectivity index (χ1v) is 10.3. The molecule has 0 aliphatic rings. The quantitative estimate of drug-likeness (QED) is 0.435. The van der Waals surface area contributed by atoms with Crippen LogP contribution in [0.3, 0.4) is 0 Å². The van der Waals surface area contributed by atoms with Crippen LogP contribution in [0.4, 0.5) is 10.1 Å². The second-order valence-electron chi connectivity index (χ2n) is 6.62. The van der Waals surface area contributed by atoms with Gasteiger partial charge in [0, 0.05) is 5.69 Å². The van der Waals surface area contributed by atoms with E-state index in [9.17, 15) is 9.18 Å². The third-order valence-electron chi connectivity index (χ3n) is 4.44. The number of benzene rings is 2. The van der Waals surface area contributed by atoms with E-state index in [2.05, 4.69) is 15.5 Å². The lowest BCUT2D eigenvalue weighted by Gasteiger charge is -2.10. The summed E-state index contributed by atoms with van der Waals surface area (Å²) in [5, 5.41) is 11.9. The number of nitrogens with zero attached hydrogens (tertiary/aromatic N) is 3. The van der Waals surface area contributed by atoms with Gasteiger partial charge in [-0.2, -0.15) is 0 Å². The molecule has 0 bridgehead atoms. The van der Waals surface area contributed by atoms with Crippen molar-refractivity contribution in [2.75, 3.05) is 11.1 Å². The SMILES string of the molecule is Cc1occc1-c1nnc(SCC(=O)Nc2cccc(F)c2)n1Cc1ccccc1. The lowest BCUT2D eigenvalue weighted by molar-refractivity contribution is -0.113. The lowest BCUT2D eigenvalue weighted by Crippen LogP contribution is -2.15. The molecule has 2 aromatic heterocycles. The first-order valence-electron chi connectivity index (χ1n) is 9.30. The molecule has 152 valence electrons. The van der Waals surface area contributed by atoms with Gasteiger partial charge in [-0.15, -0.1) is 10.2 Å². The minimum absolute atomic E-state index is 0.119. The molecule has 2 aromatic carbocycles. The maximum Gasteiger partial charge on any atom is 0.234 e. The molecule has 0 fully saturated rings. The smallest absolute Gasteiger partial charge is 0.234 e. The van der Waals surface area contributed by atoms with Gasteiger partial charge >= 0.3 is 0 Å². The van der Waals surface area contributed by atoms with Crippen LogP contribution in [-0.4, -0.2) is 26.4 Å². The van der Waals surface area contributed by atoms with E-state index in [1.807, 2.05) is 47.9 Å². The van der Waals surface area contributed by atoms with Crippen LogP contribution in [0, 0.1) is 12.7 Å². The van der Waals surface area contributed by atoms with Crippen molar-refractivity contribution in [2.24, 2.45) is 0 Å². The van der Waals surface area contributed by atoms with Gasteiger partial charge in [0.25, 0.3) is 0 Å². The Kier molecular flexibility index (Phi) is 5.94. The Morgan fingerprint density at radius 3 is 2.70 bits per heavy atom. The monoisotopic (exact) mass is 422 g/mol. The highest BCUT2D eigenvalue weighted by Crippen LogP contribution is 2.28. The number of aromatic nitrogens is 3. The number of anilines is 1. The number of halogens is 1. The topological polar surface area (TPSA) is 72.9 Å². The second kappa shape index (κ2) is 8.96. The Morgan fingerprint density at radius 1 is 1.13 bits per heavy atom. The summed E-state index contributed by atoms with van der Waals surface area (Å²) in [6, 6.07) is 17.6. The highest BCUT2D eigenvalue weighted by atomic mass is 32.2. The van der Waals surface area contributed by atoms with E-state index in [0.29, 0.717) is 23.2 Å². The van der Waals surface area contributed by atoms with Gasteiger partial charge in [-0.25, -0.2) is 4.39 Å². The molecule has 4 aromatic rings. The fourth-order valence-corrected chi connectivity index (χ4v) is 3.75. The van der Waals surface area contributed by atoms with E-state index < -0.39 is 5.82 Å². The van der Waals surface area contributed by atoms with Crippen molar-refractivity contribution < 1.29 is 13.6 Å². The minimum atomic E-state index is -0.400. The molecule has 0 saturated heterocycles. The first kappa shape index (κ1) is 19.9. The highest BCUT2D eigenvalue weighted by molar-refractivity contribution is 7.99. The van der Waals surface area contributed by atoms with Crippen molar-refractivity contribution in [3.63, 3.8) is 0 Å². The molecule has 4 rings (SSSR count). The third-order valence-corrected chi connectivity index (χ3v) is 5.41. The summed E-state index contributed by atoms with van der Waals surface area (Å²) in [5.74, 6) is 0.896. The molecule has 0 atom stereocenters. The van der Waals surface area contributed by atoms with Crippen molar-refractivity contribution >= 4 is 23.4 Å².